The Kier molecular flexibility index (Phi) is 3.23. The van der Waals surface area contributed by atoms with Gasteiger partial charge in [0.15, 0.2) is 0 Å². The molecule has 0 bridgehead atoms. The average Bonchev–Trinajstić information content (AvgIpc) is 2.62. The normalized spacial score (nSPS) is 10.2. The first kappa shape index (κ1) is 10.4. The molecule has 0 spiro atoms. The van der Waals surface area contributed by atoms with E-state index in [2.05, 4.69) is 32.3 Å². The van der Waals surface area contributed by atoms with Gasteiger partial charge < -0.3 is 11.1 Å². The number of thiophene rings is 1. The van der Waals surface area contributed by atoms with Crippen molar-refractivity contribution in [2.24, 2.45) is 0 Å². The summed E-state index contributed by atoms with van der Waals surface area (Å²) in [5.74, 6) is 1.34. The summed E-state index contributed by atoms with van der Waals surface area (Å²) in [4.78, 5) is 5.41. The molecule has 2 aromatic rings. The first-order valence-corrected chi connectivity index (χ1v) is 6.05. The second-order valence-corrected chi connectivity index (χ2v) is 5.55. The van der Waals surface area contributed by atoms with Gasteiger partial charge >= 0.3 is 0 Å². The molecule has 0 atom stereocenters. The number of hydrogen-bond acceptors (Lipinski definition) is 4. The highest BCUT2D eigenvalue weighted by molar-refractivity contribution is 9.11. The van der Waals surface area contributed by atoms with Gasteiger partial charge in [0, 0.05) is 4.88 Å². The van der Waals surface area contributed by atoms with E-state index in [1.807, 2.05) is 18.2 Å². The van der Waals surface area contributed by atoms with Crippen LogP contribution in [0.5, 0.6) is 0 Å². The summed E-state index contributed by atoms with van der Waals surface area (Å²) in [6.45, 7) is 0.771. The van der Waals surface area contributed by atoms with Crippen molar-refractivity contribution in [2.45, 2.75) is 6.54 Å². The topological polar surface area (TPSA) is 50.9 Å². The molecule has 0 aliphatic carbocycles. The van der Waals surface area contributed by atoms with Crippen LogP contribution in [0.4, 0.5) is 11.6 Å². The van der Waals surface area contributed by atoms with Gasteiger partial charge in [-0.3, -0.25) is 0 Å². The van der Waals surface area contributed by atoms with E-state index >= 15 is 0 Å². The van der Waals surface area contributed by atoms with Gasteiger partial charge in [-0.25, -0.2) is 4.98 Å². The molecule has 2 aromatic heterocycles. The summed E-state index contributed by atoms with van der Waals surface area (Å²) >= 11 is 5.13. The van der Waals surface area contributed by atoms with Crippen molar-refractivity contribution < 1.29 is 0 Å². The van der Waals surface area contributed by atoms with Crippen molar-refractivity contribution in [3.63, 3.8) is 0 Å². The third kappa shape index (κ3) is 2.94. The molecule has 5 heteroatoms. The molecule has 2 heterocycles. The standard InChI is InChI=1S/C10H10BrN3S/c11-8-5-4-7(15-8)6-13-10-3-1-2-9(12)14-10/h1-5H,6H2,(H3,12,13,14). The van der Waals surface area contributed by atoms with Gasteiger partial charge in [0.2, 0.25) is 0 Å². The highest BCUT2D eigenvalue weighted by Crippen LogP contribution is 2.22. The molecule has 2 rings (SSSR count). The number of nitrogens with two attached hydrogens (primary N) is 1. The third-order valence-electron chi connectivity index (χ3n) is 1.84. The van der Waals surface area contributed by atoms with Gasteiger partial charge in [0.1, 0.15) is 11.6 Å². The quantitative estimate of drug-likeness (QED) is 0.910. The van der Waals surface area contributed by atoms with E-state index in [9.17, 15) is 0 Å². The van der Waals surface area contributed by atoms with E-state index in [0.717, 1.165) is 16.1 Å². The van der Waals surface area contributed by atoms with E-state index in [-0.39, 0.29) is 0 Å². The predicted molar refractivity (Wildman–Crippen MR) is 68.0 cm³/mol. The van der Waals surface area contributed by atoms with Crippen LogP contribution in [0.2, 0.25) is 0 Å². The number of nitrogen functional groups attached to an aromatic ring is 1. The van der Waals surface area contributed by atoms with Gasteiger partial charge in [0.05, 0.1) is 10.3 Å². The number of anilines is 2. The van der Waals surface area contributed by atoms with Crippen LogP contribution in [0.3, 0.4) is 0 Å². The van der Waals surface area contributed by atoms with Gasteiger partial charge in [-0.2, -0.15) is 0 Å². The SMILES string of the molecule is Nc1cccc(NCc2ccc(Br)s2)n1. The molecule has 3 nitrogen and oxygen atoms in total. The summed E-state index contributed by atoms with van der Waals surface area (Å²) in [6, 6.07) is 9.67. The van der Waals surface area contributed by atoms with Crippen molar-refractivity contribution in [2.75, 3.05) is 11.1 Å². The van der Waals surface area contributed by atoms with Gasteiger partial charge in [-0.15, -0.1) is 11.3 Å². The molecule has 0 radical (unpaired) electrons. The minimum atomic E-state index is 0.535. The summed E-state index contributed by atoms with van der Waals surface area (Å²) in [5, 5.41) is 3.21. The number of nitrogens with zero attached hydrogens (tertiary/aromatic N) is 1. The molecule has 0 aliphatic rings. The molecule has 0 fully saturated rings. The Bertz CT molecular complexity index is 455. The molecule has 0 amide bonds. The summed E-state index contributed by atoms with van der Waals surface area (Å²) < 4.78 is 1.14. The van der Waals surface area contributed by atoms with E-state index in [0.29, 0.717) is 5.82 Å². The van der Waals surface area contributed by atoms with E-state index < -0.39 is 0 Å². The maximum Gasteiger partial charge on any atom is 0.128 e. The zero-order valence-electron chi connectivity index (χ0n) is 7.90. The smallest absolute Gasteiger partial charge is 0.128 e. The highest BCUT2D eigenvalue weighted by atomic mass is 79.9. The molecule has 0 unspecified atom stereocenters. The molecular formula is C10H10BrN3S. The van der Waals surface area contributed by atoms with Gasteiger partial charge in [0.25, 0.3) is 0 Å². The van der Waals surface area contributed by atoms with Crippen LogP contribution in [-0.2, 0) is 6.54 Å². The molecular weight excluding hydrogens is 274 g/mol. The number of nitrogens with one attached hydrogen (secondary N) is 1. The van der Waals surface area contributed by atoms with Crippen molar-refractivity contribution in [1.82, 2.24) is 4.98 Å². The summed E-state index contributed by atoms with van der Waals surface area (Å²) in [5.41, 5.74) is 5.58. The lowest BCUT2D eigenvalue weighted by Gasteiger charge is -2.03. The van der Waals surface area contributed by atoms with Crippen LogP contribution in [0.1, 0.15) is 4.88 Å². The van der Waals surface area contributed by atoms with E-state index in [4.69, 9.17) is 5.73 Å². The number of rotatable bonds is 3. The zero-order valence-corrected chi connectivity index (χ0v) is 10.3. The molecule has 78 valence electrons. The lowest BCUT2D eigenvalue weighted by atomic mass is 10.4. The summed E-state index contributed by atoms with van der Waals surface area (Å²) in [7, 11) is 0. The Balaban J connectivity index is 1.99. The second-order valence-electron chi connectivity index (χ2n) is 3.01. The zero-order chi connectivity index (χ0) is 10.7. The number of aromatic nitrogens is 1. The number of halogens is 1. The minimum Gasteiger partial charge on any atom is -0.384 e. The fourth-order valence-electron chi connectivity index (χ4n) is 1.17. The first-order valence-electron chi connectivity index (χ1n) is 4.44. The van der Waals surface area contributed by atoms with Crippen molar-refractivity contribution >= 4 is 38.9 Å². The molecule has 0 saturated heterocycles. The van der Waals surface area contributed by atoms with Crippen LogP contribution < -0.4 is 11.1 Å². The summed E-state index contributed by atoms with van der Waals surface area (Å²) in [6.07, 6.45) is 0. The van der Waals surface area contributed by atoms with Crippen molar-refractivity contribution in [3.05, 3.63) is 39.0 Å². The Labute approximate surface area is 100 Å². The third-order valence-corrected chi connectivity index (χ3v) is 3.47. The molecule has 0 saturated carbocycles. The van der Waals surface area contributed by atoms with Crippen molar-refractivity contribution in [3.8, 4) is 0 Å². The van der Waals surface area contributed by atoms with Crippen LogP contribution in [0.25, 0.3) is 0 Å². The Morgan fingerprint density at radius 2 is 2.20 bits per heavy atom. The molecule has 0 aliphatic heterocycles. The molecule has 3 N–H and O–H groups in total. The second kappa shape index (κ2) is 4.63. The van der Waals surface area contributed by atoms with Gasteiger partial charge in [-0.05, 0) is 40.2 Å². The van der Waals surface area contributed by atoms with Crippen LogP contribution in [0.15, 0.2) is 34.1 Å². The fraction of sp³-hybridized carbons (Fsp3) is 0.100. The van der Waals surface area contributed by atoms with E-state index in [1.54, 1.807) is 17.4 Å². The first-order chi connectivity index (χ1) is 7.24. The predicted octanol–water partition coefficient (Wildman–Crippen LogP) is 3.10. The Hall–Kier alpha value is -1.07. The largest absolute Gasteiger partial charge is 0.384 e. The Morgan fingerprint density at radius 3 is 2.87 bits per heavy atom. The minimum absolute atomic E-state index is 0.535. The average molecular weight is 284 g/mol. The number of pyridine rings is 1. The van der Waals surface area contributed by atoms with Gasteiger partial charge in [-0.1, -0.05) is 6.07 Å². The van der Waals surface area contributed by atoms with Crippen LogP contribution in [-0.4, -0.2) is 4.98 Å². The molecule has 0 aromatic carbocycles. The lowest BCUT2D eigenvalue weighted by molar-refractivity contribution is 1.14. The lowest BCUT2D eigenvalue weighted by Crippen LogP contribution is -2.01. The molecule has 15 heavy (non-hydrogen) atoms. The maximum atomic E-state index is 5.58. The highest BCUT2D eigenvalue weighted by Gasteiger charge is 1.98. The fourth-order valence-corrected chi connectivity index (χ4v) is 2.60. The van der Waals surface area contributed by atoms with E-state index in [1.165, 1.54) is 4.88 Å². The monoisotopic (exact) mass is 283 g/mol. The maximum absolute atomic E-state index is 5.58. The van der Waals surface area contributed by atoms with Crippen LogP contribution >= 0.6 is 27.3 Å². The van der Waals surface area contributed by atoms with Crippen LogP contribution in [0, 0.1) is 0 Å². The number of hydrogen-bond donors (Lipinski definition) is 2. The Morgan fingerprint density at radius 1 is 1.33 bits per heavy atom. The van der Waals surface area contributed by atoms with Crippen molar-refractivity contribution in [1.29, 1.82) is 0 Å².